The third-order valence-electron chi connectivity index (χ3n) is 2.12. The summed E-state index contributed by atoms with van der Waals surface area (Å²) in [4.78, 5) is 1.36. The summed E-state index contributed by atoms with van der Waals surface area (Å²) in [6.07, 6.45) is 2.76. The molecule has 2 heterocycles. The molecule has 0 bridgehead atoms. The molecule has 1 aromatic rings. The lowest BCUT2D eigenvalue weighted by atomic mass is 10.2. The van der Waals surface area contributed by atoms with Gasteiger partial charge < -0.3 is 10.1 Å². The highest BCUT2D eigenvalue weighted by Gasteiger charge is 2.18. The van der Waals surface area contributed by atoms with Crippen LogP contribution in [0.3, 0.4) is 0 Å². The summed E-state index contributed by atoms with van der Waals surface area (Å²) < 4.78 is 5.58. The molecule has 1 unspecified atom stereocenters. The van der Waals surface area contributed by atoms with Crippen molar-refractivity contribution < 1.29 is 4.74 Å². The van der Waals surface area contributed by atoms with Crippen LogP contribution in [-0.2, 0) is 4.74 Å². The Morgan fingerprint density at radius 1 is 1.58 bits per heavy atom. The van der Waals surface area contributed by atoms with E-state index in [9.17, 15) is 0 Å². The molecule has 1 saturated heterocycles. The molecule has 0 amide bonds. The first-order chi connectivity index (χ1) is 5.90. The van der Waals surface area contributed by atoms with Crippen molar-refractivity contribution in [2.45, 2.75) is 18.9 Å². The minimum absolute atomic E-state index is 0.372. The second-order valence-corrected chi connectivity index (χ2v) is 4.07. The molecule has 1 aliphatic rings. The Morgan fingerprint density at radius 3 is 3.08 bits per heavy atom. The van der Waals surface area contributed by atoms with E-state index in [2.05, 4.69) is 17.4 Å². The molecule has 0 radical (unpaired) electrons. The van der Waals surface area contributed by atoms with Crippen molar-refractivity contribution in [1.82, 2.24) is 0 Å². The van der Waals surface area contributed by atoms with Crippen LogP contribution in [0.2, 0.25) is 0 Å². The van der Waals surface area contributed by atoms with E-state index < -0.39 is 0 Å². The zero-order valence-electron chi connectivity index (χ0n) is 7.17. The Bertz CT molecular complexity index is 253. The molecule has 12 heavy (non-hydrogen) atoms. The number of rotatable bonds is 2. The van der Waals surface area contributed by atoms with Gasteiger partial charge in [0.2, 0.25) is 0 Å². The summed E-state index contributed by atoms with van der Waals surface area (Å²) in [5.41, 5.74) is 0. The van der Waals surface area contributed by atoms with Crippen LogP contribution >= 0.6 is 11.3 Å². The second-order valence-electron chi connectivity index (χ2n) is 2.95. The van der Waals surface area contributed by atoms with Gasteiger partial charge in [0.1, 0.15) is 0 Å². The highest BCUT2D eigenvalue weighted by Crippen LogP contribution is 2.34. The van der Waals surface area contributed by atoms with Crippen LogP contribution in [0.4, 0.5) is 5.00 Å². The Kier molecular flexibility index (Phi) is 2.33. The van der Waals surface area contributed by atoms with Crippen LogP contribution in [0.15, 0.2) is 12.1 Å². The standard InChI is InChI=1S/C9H13NOS/c1-10-9-5-4-8(12-9)7-3-2-6-11-7/h4-5,7,10H,2-3,6H2,1H3. The summed E-state index contributed by atoms with van der Waals surface area (Å²) >= 11 is 1.79. The lowest BCUT2D eigenvalue weighted by Crippen LogP contribution is -1.90. The van der Waals surface area contributed by atoms with Gasteiger partial charge in [0.25, 0.3) is 0 Å². The van der Waals surface area contributed by atoms with Crippen molar-refractivity contribution in [3.05, 3.63) is 17.0 Å². The SMILES string of the molecule is CNc1ccc(C2CCCO2)s1. The first-order valence-corrected chi connectivity index (χ1v) is 5.11. The minimum atomic E-state index is 0.372. The number of hydrogen-bond donors (Lipinski definition) is 1. The number of anilines is 1. The molecule has 0 aromatic carbocycles. The van der Waals surface area contributed by atoms with Crippen LogP contribution in [0.25, 0.3) is 0 Å². The van der Waals surface area contributed by atoms with Crippen molar-refractivity contribution in [2.75, 3.05) is 19.0 Å². The largest absolute Gasteiger partial charge is 0.380 e. The highest BCUT2D eigenvalue weighted by molar-refractivity contribution is 7.16. The van der Waals surface area contributed by atoms with Crippen molar-refractivity contribution in [2.24, 2.45) is 0 Å². The molecule has 0 saturated carbocycles. The van der Waals surface area contributed by atoms with E-state index in [4.69, 9.17) is 4.74 Å². The van der Waals surface area contributed by atoms with Crippen LogP contribution in [-0.4, -0.2) is 13.7 Å². The topological polar surface area (TPSA) is 21.3 Å². The summed E-state index contributed by atoms with van der Waals surface area (Å²) in [7, 11) is 1.95. The normalized spacial score (nSPS) is 22.9. The van der Waals surface area contributed by atoms with E-state index in [0.717, 1.165) is 6.61 Å². The molecule has 2 nitrogen and oxygen atoms in total. The Morgan fingerprint density at radius 2 is 2.50 bits per heavy atom. The molecular weight excluding hydrogens is 170 g/mol. The summed E-state index contributed by atoms with van der Waals surface area (Å²) in [6, 6.07) is 4.27. The maximum Gasteiger partial charge on any atom is 0.0918 e. The molecule has 1 atom stereocenters. The number of hydrogen-bond acceptors (Lipinski definition) is 3. The molecular formula is C9H13NOS. The number of ether oxygens (including phenoxy) is 1. The van der Waals surface area contributed by atoms with Crippen LogP contribution < -0.4 is 5.32 Å². The number of thiophene rings is 1. The zero-order chi connectivity index (χ0) is 8.39. The van der Waals surface area contributed by atoms with Gasteiger partial charge in [0.15, 0.2) is 0 Å². The number of nitrogens with one attached hydrogen (secondary N) is 1. The molecule has 0 spiro atoms. The third kappa shape index (κ3) is 1.47. The van der Waals surface area contributed by atoms with E-state index in [-0.39, 0.29) is 0 Å². The molecule has 1 fully saturated rings. The van der Waals surface area contributed by atoms with Gasteiger partial charge >= 0.3 is 0 Å². The van der Waals surface area contributed by atoms with Gasteiger partial charge in [-0.3, -0.25) is 0 Å². The van der Waals surface area contributed by atoms with Crippen LogP contribution in [0.5, 0.6) is 0 Å². The van der Waals surface area contributed by atoms with Gasteiger partial charge in [0, 0.05) is 18.5 Å². The van der Waals surface area contributed by atoms with Crippen molar-refractivity contribution >= 4 is 16.3 Å². The van der Waals surface area contributed by atoms with Gasteiger partial charge in [0.05, 0.1) is 11.1 Å². The second kappa shape index (κ2) is 3.46. The smallest absolute Gasteiger partial charge is 0.0918 e. The highest BCUT2D eigenvalue weighted by atomic mass is 32.1. The summed E-state index contributed by atoms with van der Waals surface area (Å²) in [6.45, 7) is 0.928. The fourth-order valence-corrected chi connectivity index (χ4v) is 2.41. The fourth-order valence-electron chi connectivity index (χ4n) is 1.46. The van der Waals surface area contributed by atoms with Crippen LogP contribution in [0.1, 0.15) is 23.8 Å². The van der Waals surface area contributed by atoms with E-state index in [1.165, 1.54) is 22.7 Å². The van der Waals surface area contributed by atoms with Gasteiger partial charge in [-0.05, 0) is 25.0 Å². The molecule has 66 valence electrons. The molecule has 0 aliphatic carbocycles. The lowest BCUT2D eigenvalue weighted by Gasteiger charge is -2.04. The zero-order valence-corrected chi connectivity index (χ0v) is 7.99. The monoisotopic (exact) mass is 183 g/mol. The third-order valence-corrected chi connectivity index (χ3v) is 3.32. The average Bonchev–Trinajstić information content (AvgIpc) is 2.75. The van der Waals surface area contributed by atoms with Gasteiger partial charge in [-0.1, -0.05) is 0 Å². The van der Waals surface area contributed by atoms with Crippen molar-refractivity contribution in [3.63, 3.8) is 0 Å². The van der Waals surface area contributed by atoms with Gasteiger partial charge in [-0.2, -0.15) is 0 Å². The summed E-state index contributed by atoms with van der Waals surface area (Å²) in [5, 5.41) is 4.36. The Hall–Kier alpha value is -0.540. The molecule has 1 N–H and O–H groups in total. The fraction of sp³-hybridized carbons (Fsp3) is 0.556. The lowest BCUT2D eigenvalue weighted by molar-refractivity contribution is 0.114. The average molecular weight is 183 g/mol. The maximum atomic E-state index is 5.58. The van der Waals surface area contributed by atoms with Crippen molar-refractivity contribution in [1.29, 1.82) is 0 Å². The molecule has 2 rings (SSSR count). The summed E-state index contributed by atoms with van der Waals surface area (Å²) in [5.74, 6) is 0. The Labute approximate surface area is 76.6 Å². The molecule has 1 aliphatic heterocycles. The minimum Gasteiger partial charge on any atom is -0.380 e. The van der Waals surface area contributed by atoms with E-state index >= 15 is 0 Å². The predicted octanol–water partition coefficient (Wildman–Crippen LogP) is 2.64. The maximum absolute atomic E-state index is 5.58. The quantitative estimate of drug-likeness (QED) is 0.761. The van der Waals surface area contributed by atoms with E-state index in [1.54, 1.807) is 11.3 Å². The molecule has 1 aromatic heterocycles. The van der Waals surface area contributed by atoms with Crippen molar-refractivity contribution in [3.8, 4) is 0 Å². The van der Waals surface area contributed by atoms with E-state index in [0.29, 0.717) is 6.10 Å². The first-order valence-electron chi connectivity index (χ1n) is 4.29. The predicted molar refractivity (Wildman–Crippen MR) is 51.8 cm³/mol. The van der Waals surface area contributed by atoms with Crippen LogP contribution in [0, 0.1) is 0 Å². The molecule has 3 heteroatoms. The van der Waals surface area contributed by atoms with Gasteiger partial charge in [-0.15, -0.1) is 11.3 Å². The first kappa shape index (κ1) is 8.08. The Balaban J connectivity index is 2.11. The van der Waals surface area contributed by atoms with E-state index in [1.807, 2.05) is 7.05 Å². The van der Waals surface area contributed by atoms with Gasteiger partial charge in [-0.25, -0.2) is 0 Å².